The molecule has 0 atom stereocenters. The zero-order valence-electron chi connectivity index (χ0n) is 10.3. The van der Waals surface area contributed by atoms with Gasteiger partial charge in [-0.25, -0.2) is 0 Å². The second kappa shape index (κ2) is 5.31. The maximum atomic E-state index is 12.1. The van der Waals surface area contributed by atoms with Crippen molar-refractivity contribution in [3.05, 3.63) is 17.5 Å². The van der Waals surface area contributed by atoms with E-state index in [4.69, 9.17) is 5.73 Å². The second-order valence-electron chi connectivity index (χ2n) is 4.75. The molecular formula is C12H20N4O. The molecule has 1 fully saturated rings. The summed E-state index contributed by atoms with van der Waals surface area (Å²) in [4.78, 5) is 14.0. The van der Waals surface area contributed by atoms with Crippen molar-refractivity contribution >= 4 is 5.91 Å². The Labute approximate surface area is 101 Å². The van der Waals surface area contributed by atoms with E-state index in [1.165, 1.54) is 0 Å². The molecule has 0 aliphatic carbocycles. The highest BCUT2D eigenvalue weighted by atomic mass is 16.2. The van der Waals surface area contributed by atoms with Gasteiger partial charge in [-0.3, -0.25) is 9.89 Å². The van der Waals surface area contributed by atoms with Crippen LogP contribution in [0.4, 0.5) is 0 Å². The third kappa shape index (κ3) is 2.85. The highest BCUT2D eigenvalue weighted by molar-refractivity contribution is 5.92. The van der Waals surface area contributed by atoms with Crippen LogP contribution >= 0.6 is 0 Å². The van der Waals surface area contributed by atoms with Crippen LogP contribution in [0.1, 0.15) is 35.4 Å². The lowest BCUT2D eigenvalue weighted by atomic mass is 9.93. The van der Waals surface area contributed by atoms with Gasteiger partial charge in [-0.1, -0.05) is 0 Å². The van der Waals surface area contributed by atoms with Crippen molar-refractivity contribution in [3.63, 3.8) is 0 Å². The normalized spacial score (nSPS) is 17.4. The van der Waals surface area contributed by atoms with Crippen molar-refractivity contribution in [3.8, 4) is 0 Å². The van der Waals surface area contributed by atoms with Gasteiger partial charge < -0.3 is 10.6 Å². The Bertz CT molecular complexity index is 380. The predicted octanol–water partition coefficient (Wildman–Crippen LogP) is 0.919. The monoisotopic (exact) mass is 236 g/mol. The molecule has 1 amide bonds. The van der Waals surface area contributed by atoms with Crippen LogP contribution in [-0.2, 0) is 0 Å². The number of H-pyrrole nitrogens is 1. The summed E-state index contributed by atoms with van der Waals surface area (Å²) >= 11 is 0. The molecule has 0 spiro atoms. The number of amides is 1. The summed E-state index contributed by atoms with van der Waals surface area (Å²) in [5, 5.41) is 6.81. The molecule has 2 rings (SSSR count). The van der Waals surface area contributed by atoms with Crippen LogP contribution in [0.15, 0.2) is 6.07 Å². The number of aromatic amines is 1. The van der Waals surface area contributed by atoms with E-state index in [1.807, 2.05) is 11.8 Å². The molecule has 0 unspecified atom stereocenters. The Balaban J connectivity index is 1.90. The van der Waals surface area contributed by atoms with Gasteiger partial charge in [0, 0.05) is 18.8 Å². The summed E-state index contributed by atoms with van der Waals surface area (Å²) < 4.78 is 0. The highest BCUT2D eigenvalue weighted by Crippen LogP contribution is 2.20. The Kier molecular flexibility index (Phi) is 3.78. The minimum Gasteiger partial charge on any atom is -0.337 e. The first-order valence-electron chi connectivity index (χ1n) is 6.22. The van der Waals surface area contributed by atoms with Crippen molar-refractivity contribution in [2.45, 2.75) is 26.2 Å². The zero-order valence-corrected chi connectivity index (χ0v) is 10.3. The Morgan fingerprint density at radius 1 is 1.59 bits per heavy atom. The van der Waals surface area contributed by atoms with Crippen LogP contribution < -0.4 is 5.73 Å². The smallest absolute Gasteiger partial charge is 0.274 e. The summed E-state index contributed by atoms with van der Waals surface area (Å²) in [6.45, 7) is 4.30. The van der Waals surface area contributed by atoms with Gasteiger partial charge in [0.25, 0.3) is 5.91 Å². The summed E-state index contributed by atoms with van der Waals surface area (Å²) in [7, 11) is 0. The number of nitrogens with one attached hydrogen (secondary N) is 1. The van der Waals surface area contributed by atoms with E-state index in [1.54, 1.807) is 6.07 Å². The molecule has 3 N–H and O–H groups in total. The number of likely N-dealkylation sites (tertiary alicyclic amines) is 1. The van der Waals surface area contributed by atoms with Gasteiger partial charge in [-0.05, 0) is 44.7 Å². The maximum Gasteiger partial charge on any atom is 0.274 e. The van der Waals surface area contributed by atoms with Gasteiger partial charge in [0.2, 0.25) is 0 Å². The molecule has 5 nitrogen and oxygen atoms in total. The Morgan fingerprint density at radius 3 is 2.82 bits per heavy atom. The van der Waals surface area contributed by atoms with Gasteiger partial charge in [0.05, 0.1) is 0 Å². The Morgan fingerprint density at radius 2 is 2.29 bits per heavy atom. The van der Waals surface area contributed by atoms with E-state index >= 15 is 0 Å². The molecule has 1 aromatic heterocycles. The van der Waals surface area contributed by atoms with E-state index in [9.17, 15) is 4.79 Å². The third-order valence-electron chi connectivity index (χ3n) is 3.40. The number of carbonyl (C=O) groups is 1. The van der Waals surface area contributed by atoms with E-state index in [2.05, 4.69) is 10.2 Å². The number of nitrogens with two attached hydrogens (primary N) is 1. The first-order chi connectivity index (χ1) is 8.20. The average Bonchev–Trinajstić information content (AvgIpc) is 2.76. The molecule has 1 aliphatic rings. The fraction of sp³-hybridized carbons (Fsp3) is 0.667. The van der Waals surface area contributed by atoms with Crippen molar-refractivity contribution < 1.29 is 4.79 Å². The average molecular weight is 236 g/mol. The lowest BCUT2D eigenvalue weighted by molar-refractivity contribution is 0.0682. The molecule has 0 radical (unpaired) electrons. The molecule has 5 heteroatoms. The summed E-state index contributed by atoms with van der Waals surface area (Å²) in [5.41, 5.74) is 7.00. The SMILES string of the molecule is Cc1cc(C(=O)N2CCC(CCN)CC2)n[nH]1. The molecule has 0 bridgehead atoms. The van der Waals surface area contributed by atoms with Crippen LogP contribution in [0.3, 0.4) is 0 Å². The highest BCUT2D eigenvalue weighted by Gasteiger charge is 2.24. The summed E-state index contributed by atoms with van der Waals surface area (Å²) in [6.07, 6.45) is 3.20. The number of hydrogen-bond acceptors (Lipinski definition) is 3. The molecule has 1 saturated heterocycles. The Hall–Kier alpha value is -1.36. The minimum absolute atomic E-state index is 0.0422. The van der Waals surface area contributed by atoms with Gasteiger partial charge in [0.1, 0.15) is 5.69 Å². The lowest BCUT2D eigenvalue weighted by Gasteiger charge is -2.31. The maximum absolute atomic E-state index is 12.1. The van der Waals surface area contributed by atoms with Crippen LogP contribution in [-0.4, -0.2) is 40.6 Å². The molecule has 2 heterocycles. The van der Waals surface area contributed by atoms with Gasteiger partial charge in [-0.2, -0.15) is 5.10 Å². The fourth-order valence-electron chi connectivity index (χ4n) is 2.35. The molecule has 1 aromatic rings. The van der Waals surface area contributed by atoms with Crippen molar-refractivity contribution in [1.29, 1.82) is 0 Å². The lowest BCUT2D eigenvalue weighted by Crippen LogP contribution is -2.39. The zero-order chi connectivity index (χ0) is 12.3. The van der Waals surface area contributed by atoms with Gasteiger partial charge >= 0.3 is 0 Å². The largest absolute Gasteiger partial charge is 0.337 e. The standard InChI is InChI=1S/C12H20N4O/c1-9-8-11(15-14-9)12(17)16-6-3-10(2-5-13)4-7-16/h8,10H,2-7,13H2,1H3,(H,14,15). The van der Waals surface area contributed by atoms with E-state index in [0.29, 0.717) is 11.6 Å². The number of aryl methyl sites for hydroxylation is 1. The number of nitrogens with zero attached hydrogens (tertiary/aromatic N) is 2. The van der Waals surface area contributed by atoms with Crippen molar-refractivity contribution in [1.82, 2.24) is 15.1 Å². The molecule has 0 saturated carbocycles. The summed E-state index contributed by atoms with van der Waals surface area (Å²) in [5.74, 6) is 0.727. The number of piperidine rings is 1. The molecule has 1 aliphatic heterocycles. The van der Waals surface area contributed by atoms with Crippen LogP contribution in [0.5, 0.6) is 0 Å². The van der Waals surface area contributed by atoms with Crippen LogP contribution in [0, 0.1) is 12.8 Å². The fourth-order valence-corrected chi connectivity index (χ4v) is 2.35. The number of rotatable bonds is 3. The second-order valence-corrected chi connectivity index (χ2v) is 4.75. The quantitative estimate of drug-likeness (QED) is 0.819. The first-order valence-corrected chi connectivity index (χ1v) is 6.22. The molecule has 94 valence electrons. The number of carbonyl (C=O) groups excluding carboxylic acids is 1. The number of aromatic nitrogens is 2. The van der Waals surface area contributed by atoms with Crippen molar-refractivity contribution in [2.75, 3.05) is 19.6 Å². The van der Waals surface area contributed by atoms with Gasteiger partial charge in [0.15, 0.2) is 0 Å². The molecule has 0 aromatic carbocycles. The number of hydrogen-bond donors (Lipinski definition) is 2. The molecular weight excluding hydrogens is 216 g/mol. The first kappa shape index (κ1) is 12.1. The van der Waals surface area contributed by atoms with Crippen LogP contribution in [0.25, 0.3) is 0 Å². The van der Waals surface area contributed by atoms with Crippen LogP contribution in [0.2, 0.25) is 0 Å². The minimum atomic E-state index is 0.0422. The van der Waals surface area contributed by atoms with E-state index < -0.39 is 0 Å². The molecule has 17 heavy (non-hydrogen) atoms. The van der Waals surface area contributed by atoms with E-state index in [-0.39, 0.29) is 5.91 Å². The van der Waals surface area contributed by atoms with Gasteiger partial charge in [-0.15, -0.1) is 0 Å². The topological polar surface area (TPSA) is 75.0 Å². The van der Waals surface area contributed by atoms with Crippen molar-refractivity contribution in [2.24, 2.45) is 11.7 Å². The summed E-state index contributed by atoms with van der Waals surface area (Å²) in [6, 6.07) is 1.80. The van der Waals surface area contributed by atoms with E-state index in [0.717, 1.165) is 44.6 Å². The predicted molar refractivity (Wildman–Crippen MR) is 65.6 cm³/mol. The third-order valence-corrected chi connectivity index (χ3v) is 3.40.